The maximum atomic E-state index is 13.6. The zero-order chi connectivity index (χ0) is 26.7. The first kappa shape index (κ1) is 29.2. The lowest BCUT2D eigenvalue weighted by Crippen LogP contribution is -2.54. The Hall–Kier alpha value is -2.00. The van der Waals surface area contributed by atoms with Gasteiger partial charge in [0.05, 0.1) is 27.0 Å². The van der Waals surface area contributed by atoms with E-state index in [1.807, 2.05) is 52.0 Å². The van der Waals surface area contributed by atoms with Gasteiger partial charge in [0.2, 0.25) is 21.8 Å². The Kier molecular flexibility index (Phi) is 9.50. The quantitative estimate of drug-likeness (QED) is 0.456. The SMILES string of the molecule is Cc1cccc(CN(C(=O)CN(c2cc(Cl)c(Cl)cc2Cl)S(C)(=O)=O)C(C)C(=O)NC(C)(C)C)c1. The topological polar surface area (TPSA) is 86.8 Å². The van der Waals surface area contributed by atoms with Crippen LogP contribution in [0.2, 0.25) is 15.1 Å². The van der Waals surface area contributed by atoms with E-state index in [-0.39, 0.29) is 33.2 Å². The smallest absolute Gasteiger partial charge is 0.244 e. The summed E-state index contributed by atoms with van der Waals surface area (Å²) in [5.74, 6) is -0.951. The molecule has 192 valence electrons. The number of nitrogens with zero attached hydrogens (tertiary/aromatic N) is 2. The van der Waals surface area contributed by atoms with Crippen LogP contribution in [0, 0.1) is 6.92 Å². The van der Waals surface area contributed by atoms with Gasteiger partial charge in [-0.2, -0.15) is 0 Å². The summed E-state index contributed by atoms with van der Waals surface area (Å²) in [6, 6.07) is 9.24. The molecule has 0 bridgehead atoms. The van der Waals surface area contributed by atoms with Crippen LogP contribution in [0.25, 0.3) is 0 Å². The number of sulfonamides is 1. The molecule has 1 unspecified atom stereocenters. The molecule has 0 radical (unpaired) electrons. The highest BCUT2D eigenvalue weighted by molar-refractivity contribution is 7.92. The highest BCUT2D eigenvalue weighted by atomic mass is 35.5. The van der Waals surface area contributed by atoms with E-state index < -0.39 is 34.1 Å². The Morgan fingerprint density at radius 1 is 1.03 bits per heavy atom. The van der Waals surface area contributed by atoms with Crippen molar-refractivity contribution in [3.05, 3.63) is 62.6 Å². The molecule has 2 rings (SSSR count). The second kappa shape index (κ2) is 11.4. The van der Waals surface area contributed by atoms with Crippen LogP contribution in [0.3, 0.4) is 0 Å². The van der Waals surface area contributed by atoms with Gasteiger partial charge >= 0.3 is 0 Å². The van der Waals surface area contributed by atoms with Crippen molar-refractivity contribution in [1.29, 1.82) is 0 Å². The third-order valence-electron chi connectivity index (χ3n) is 5.04. The van der Waals surface area contributed by atoms with Gasteiger partial charge < -0.3 is 10.2 Å². The van der Waals surface area contributed by atoms with Crippen molar-refractivity contribution in [2.75, 3.05) is 17.1 Å². The molecule has 2 aromatic carbocycles. The first-order valence-electron chi connectivity index (χ1n) is 10.8. The largest absolute Gasteiger partial charge is 0.350 e. The lowest BCUT2D eigenvalue weighted by molar-refractivity contribution is -0.140. The normalized spacial score (nSPS) is 12.7. The molecule has 1 atom stereocenters. The van der Waals surface area contributed by atoms with Crippen molar-refractivity contribution in [3.63, 3.8) is 0 Å². The molecule has 0 aromatic heterocycles. The van der Waals surface area contributed by atoms with Crippen LogP contribution >= 0.6 is 34.8 Å². The average Bonchev–Trinajstić information content (AvgIpc) is 2.70. The number of benzene rings is 2. The summed E-state index contributed by atoms with van der Waals surface area (Å²) in [5.41, 5.74) is 1.28. The van der Waals surface area contributed by atoms with Gasteiger partial charge in [0.15, 0.2) is 0 Å². The second-order valence-corrected chi connectivity index (χ2v) is 12.5. The number of amides is 2. The van der Waals surface area contributed by atoms with Gasteiger partial charge in [-0.05, 0) is 52.3 Å². The molecule has 0 fully saturated rings. The first-order valence-corrected chi connectivity index (χ1v) is 13.8. The number of aryl methyl sites for hydroxylation is 1. The molecule has 2 amide bonds. The minimum Gasteiger partial charge on any atom is -0.350 e. The van der Waals surface area contributed by atoms with Gasteiger partial charge in [-0.25, -0.2) is 8.42 Å². The molecular formula is C24H30Cl3N3O4S. The molecule has 0 aliphatic heterocycles. The maximum absolute atomic E-state index is 13.6. The number of hydrogen-bond donors (Lipinski definition) is 1. The van der Waals surface area contributed by atoms with Crippen LogP contribution in [0.15, 0.2) is 36.4 Å². The molecule has 0 aliphatic rings. The summed E-state index contributed by atoms with van der Waals surface area (Å²) >= 11 is 18.3. The van der Waals surface area contributed by atoms with Crippen LogP contribution in [0.4, 0.5) is 5.69 Å². The number of nitrogens with one attached hydrogen (secondary N) is 1. The van der Waals surface area contributed by atoms with Gasteiger partial charge in [-0.1, -0.05) is 64.6 Å². The molecule has 0 heterocycles. The summed E-state index contributed by atoms with van der Waals surface area (Å²) in [6.07, 6.45) is 0.958. The van der Waals surface area contributed by atoms with Crippen molar-refractivity contribution < 1.29 is 18.0 Å². The van der Waals surface area contributed by atoms with Crippen molar-refractivity contribution in [2.45, 2.75) is 52.7 Å². The molecule has 0 spiro atoms. The zero-order valence-electron chi connectivity index (χ0n) is 20.5. The van der Waals surface area contributed by atoms with Crippen molar-refractivity contribution in [1.82, 2.24) is 10.2 Å². The standard InChI is InChI=1S/C24H30Cl3N3O4S/c1-15-8-7-9-17(10-15)13-29(16(2)23(32)28-24(3,4)5)22(31)14-30(35(6,33)34)21-12-19(26)18(25)11-20(21)27/h7-12,16H,13-14H2,1-6H3,(H,28,32). The second-order valence-electron chi connectivity index (χ2n) is 9.41. The zero-order valence-corrected chi connectivity index (χ0v) is 23.6. The van der Waals surface area contributed by atoms with Gasteiger partial charge in [0.25, 0.3) is 0 Å². The fraction of sp³-hybridized carbons (Fsp3) is 0.417. The number of carbonyl (C=O) groups excluding carboxylic acids is 2. The van der Waals surface area contributed by atoms with Crippen LogP contribution in [-0.2, 0) is 26.2 Å². The first-order chi connectivity index (χ1) is 16.0. The predicted molar refractivity (Wildman–Crippen MR) is 143 cm³/mol. The number of rotatable bonds is 8. The molecular weight excluding hydrogens is 533 g/mol. The number of halogens is 3. The number of carbonyl (C=O) groups is 2. The monoisotopic (exact) mass is 561 g/mol. The van der Waals surface area contributed by atoms with Gasteiger partial charge in [-0.3, -0.25) is 13.9 Å². The van der Waals surface area contributed by atoms with E-state index in [0.717, 1.165) is 21.7 Å². The summed E-state index contributed by atoms with van der Waals surface area (Å²) in [5, 5.41) is 3.12. The lowest BCUT2D eigenvalue weighted by Gasteiger charge is -2.33. The third-order valence-corrected chi connectivity index (χ3v) is 7.19. The summed E-state index contributed by atoms with van der Waals surface area (Å²) in [4.78, 5) is 27.9. The minimum atomic E-state index is -3.95. The summed E-state index contributed by atoms with van der Waals surface area (Å²) in [7, 11) is -3.95. The van der Waals surface area contributed by atoms with Crippen LogP contribution in [0.5, 0.6) is 0 Å². The fourth-order valence-corrected chi connectivity index (χ4v) is 4.91. The Morgan fingerprint density at radius 3 is 2.17 bits per heavy atom. The fourth-order valence-electron chi connectivity index (χ4n) is 3.36. The Bertz CT molecular complexity index is 1210. The van der Waals surface area contributed by atoms with E-state index in [1.165, 1.54) is 17.0 Å². The number of anilines is 1. The van der Waals surface area contributed by atoms with E-state index in [0.29, 0.717) is 0 Å². The molecule has 0 saturated carbocycles. The average molecular weight is 563 g/mol. The molecule has 35 heavy (non-hydrogen) atoms. The predicted octanol–water partition coefficient (Wildman–Crippen LogP) is 5.05. The van der Waals surface area contributed by atoms with Gasteiger partial charge in [0, 0.05) is 12.1 Å². The van der Waals surface area contributed by atoms with E-state index in [1.54, 1.807) is 6.92 Å². The van der Waals surface area contributed by atoms with Crippen molar-refractivity contribution in [2.24, 2.45) is 0 Å². The maximum Gasteiger partial charge on any atom is 0.244 e. The Morgan fingerprint density at radius 2 is 1.63 bits per heavy atom. The minimum absolute atomic E-state index is 0.0132. The summed E-state index contributed by atoms with van der Waals surface area (Å²) in [6.45, 7) is 8.54. The molecule has 0 aliphatic carbocycles. The molecule has 11 heteroatoms. The van der Waals surface area contributed by atoms with Gasteiger partial charge in [-0.15, -0.1) is 0 Å². The van der Waals surface area contributed by atoms with E-state index in [4.69, 9.17) is 34.8 Å². The van der Waals surface area contributed by atoms with Crippen LogP contribution < -0.4 is 9.62 Å². The van der Waals surface area contributed by atoms with Crippen molar-refractivity contribution >= 4 is 62.3 Å². The van der Waals surface area contributed by atoms with Crippen molar-refractivity contribution in [3.8, 4) is 0 Å². The van der Waals surface area contributed by atoms with E-state index in [9.17, 15) is 18.0 Å². The molecule has 7 nitrogen and oxygen atoms in total. The Labute approximate surface area is 222 Å². The van der Waals surface area contributed by atoms with Gasteiger partial charge in [0.1, 0.15) is 12.6 Å². The molecule has 0 saturated heterocycles. The third kappa shape index (κ3) is 8.27. The highest BCUT2D eigenvalue weighted by Gasteiger charge is 2.32. The number of hydrogen-bond acceptors (Lipinski definition) is 4. The van der Waals surface area contributed by atoms with E-state index in [2.05, 4.69) is 5.32 Å². The Balaban J connectivity index is 2.48. The summed E-state index contributed by atoms with van der Waals surface area (Å²) < 4.78 is 26.2. The molecule has 2 aromatic rings. The van der Waals surface area contributed by atoms with E-state index >= 15 is 0 Å². The lowest BCUT2D eigenvalue weighted by atomic mass is 10.1. The van der Waals surface area contributed by atoms with Crippen LogP contribution in [-0.4, -0.2) is 49.5 Å². The molecule has 1 N–H and O–H groups in total. The van der Waals surface area contributed by atoms with Crippen LogP contribution in [0.1, 0.15) is 38.8 Å². The highest BCUT2D eigenvalue weighted by Crippen LogP contribution is 2.35.